The fourth-order valence-corrected chi connectivity index (χ4v) is 6.57. The number of H-pyrrole nitrogens is 1. The van der Waals surface area contributed by atoms with Crippen molar-refractivity contribution in [3.8, 4) is 5.88 Å². The highest BCUT2D eigenvalue weighted by Crippen LogP contribution is 2.56. The van der Waals surface area contributed by atoms with Gasteiger partial charge in [0.05, 0.1) is 12.2 Å². The lowest BCUT2D eigenvalue weighted by molar-refractivity contribution is -0.129. The molecular weight excluding hydrogens is 408 g/mol. The lowest BCUT2D eigenvalue weighted by Gasteiger charge is -2.58. The van der Waals surface area contributed by atoms with Crippen molar-refractivity contribution in [1.29, 1.82) is 0 Å². The second-order valence-corrected chi connectivity index (χ2v) is 10.3. The van der Waals surface area contributed by atoms with Gasteiger partial charge in [0.1, 0.15) is 11.9 Å². The van der Waals surface area contributed by atoms with Gasteiger partial charge in [-0.25, -0.2) is 0 Å². The first-order chi connectivity index (χ1) is 15.5. The van der Waals surface area contributed by atoms with Gasteiger partial charge < -0.3 is 25.2 Å². The zero-order valence-corrected chi connectivity index (χ0v) is 18.5. The monoisotopic (exact) mass is 440 g/mol. The second kappa shape index (κ2) is 7.88. The van der Waals surface area contributed by atoms with Crippen molar-refractivity contribution >= 4 is 17.6 Å². The first-order valence-electron chi connectivity index (χ1n) is 11.9. The smallest absolute Gasteiger partial charge is 0.228 e. The summed E-state index contributed by atoms with van der Waals surface area (Å²) in [6.07, 6.45) is 7.06. The topological polar surface area (TPSA) is 117 Å². The largest absolute Gasteiger partial charge is 0.472 e. The van der Waals surface area contributed by atoms with Crippen LogP contribution in [-0.4, -0.2) is 56.2 Å². The van der Waals surface area contributed by atoms with Crippen LogP contribution in [0, 0.1) is 24.7 Å². The Kier molecular flexibility index (Phi) is 4.98. The molecule has 2 aromatic heterocycles. The number of aryl methyl sites for hydroxylation is 1. The van der Waals surface area contributed by atoms with Crippen LogP contribution in [0.1, 0.15) is 50.6 Å². The summed E-state index contributed by atoms with van der Waals surface area (Å²) in [6, 6.07) is 4.05. The van der Waals surface area contributed by atoms with Gasteiger partial charge in [-0.2, -0.15) is 15.1 Å². The summed E-state index contributed by atoms with van der Waals surface area (Å²) in [5, 5.41) is 25.0. The number of hydrogen-bond donors (Lipinski definition) is 4. The molecule has 0 aromatic carbocycles. The lowest BCUT2D eigenvalue weighted by atomic mass is 9.52. The third-order valence-electron chi connectivity index (χ3n) is 7.61. The Balaban J connectivity index is 1.25. The van der Waals surface area contributed by atoms with Gasteiger partial charge in [0, 0.05) is 30.5 Å². The molecule has 0 amide bonds. The summed E-state index contributed by atoms with van der Waals surface area (Å²) in [6.45, 7) is 3.34. The Morgan fingerprint density at radius 2 is 2.00 bits per heavy atom. The van der Waals surface area contributed by atoms with E-state index in [2.05, 4.69) is 20.8 Å². The molecule has 3 heterocycles. The van der Waals surface area contributed by atoms with Crippen molar-refractivity contribution in [2.24, 2.45) is 17.8 Å². The maximum atomic E-state index is 10.9. The van der Waals surface area contributed by atoms with Crippen molar-refractivity contribution in [2.75, 3.05) is 23.8 Å². The number of aromatic amines is 1. The number of rotatable bonds is 6. The number of aliphatic hydroxyl groups is 1. The van der Waals surface area contributed by atoms with Crippen LogP contribution in [-0.2, 0) is 4.74 Å². The zero-order valence-electron chi connectivity index (χ0n) is 18.5. The zero-order chi connectivity index (χ0) is 21.7. The van der Waals surface area contributed by atoms with Crippen LogP contribution in [0.4, 0.5) is 17.6 Å². The van der Waals surface area contributed by atoms with Crippen LogP contribution < -0.4 is 15.4 Å². The molecule has 1 aliphatic heterocycles. The first kappa shape index (κ1) is 20.2. The molecule has 4 bridgehead atoms. The SMILES string of the molecule is Cc1cc(Nc2cc(OC3CCCOC3)nc(NC3C4CC5CC3CC(O)(C5)C4)n2)n[nH]1. The van der Waals surface area contributed by atoms with Gasteiger partial charge in [-0.3, -0.25) is 5.10 Å². The molecule has 5 fully saturated rings. The molecule has 4 N–H and O–H groups in total. The van der Waals surface area contributed by atoms with Crippen molar-refractivity contribution in [3.63, 3.8) is 0 Å². The molecule has 4 aliphatic carbocycles. The molecule has 3 unspecified atom stereocenters. The first-order valence-corrected chi connectivity index (χ1v) is 11.9. The molecule has 5 aliphatic rings. The molecule has 9 nitrogen and oxygen atoms in total. The van der Waals surface area contributed by atoms with Crippen LogP contribution >= 0.6 is 0 Å². The Labute approximate surface area is 187 Å². The molecule has 9 heteroatoms. The molecular formula is C23H32N6O3. The van der Waals surface area contributed by atoms with E-state index in [0.29, 0.717) is 53.9 Å². The molecule has 2 aromatic rings. The second-order valence-electron chi connectivity index (χ2n) is 10.3. The van der Waals surface area contributed by atoms with Crippen LogP contribution in [0.15, 0.2) is 12.1 Å². The standard InChI is InChI=1S/C23H32N6O3/c1-13-5-19(29-28-13)24-18-8-20(32-17-3-2-4-31-12-17)26-22(25-18)27-21-15-6-14-7-16(21)11-23(30,9-14)10-15/h5,8,14-17,21,30H,2-4,6-7,9-12H2,1H3,(H3,24,25,26,27,28,29). The van der Waals surface area contributed by atoms with E-state index < -0.39 is 5.60 Å². The predicted molar refractivity (Wildman–Crippen MR) is 119 cm³/mol. The van der Waals surface area contributed by atoms with Crippen LogP contribution in [0.25, 0.3) is 0 Å². The van der Waals surface area contributed by atoms with E-state index in [9.17, 15) is 5.11 Å². The van der Waals surface area contributed by atoms with E-state index in [1.165, 1.54) is 12.8 Å². The van der Waals surface area contributed by atoms with Gasteiger partial charge in [-0.15, -0.1) is 0 Å². The van der Waals surface area contributed by atoms with Gasteiger partial charge in [-0.05, 0) is 69.6 Å². The number of nitrogens with zero attached hydrogens (tertiary/aromatic N) is 3. The van der Waals surface area contributed by atoms with Gasteiger partial charge in [-0.1, -0.05) is 0 Å². The molecule has 172 valence electrons. The van der Waals surface area contributed by atoms with E-state index in [4.69, 9.17) is 19.4 Å². The summed E-state index contributed by atoms with van der Waals surface area (Å²) in [7, 11) is 0. The quantitative estimate of drug-likeness (QED) is 0.541. The Morgan fingerprint density at radius 3 is 2.69 bits per heavy atom. The summed E-state index contributed by atoms with van der Waals surface area (Å²) in [5.74, 6) is 4.05. The fourth-order valence-electron chi connectivity index (χ4n) is 6.57. The third kappa shape index (κ3) is 4.03. The average Bonchev–Trinajstić information content (AvgIpc) is 3.14. The molecule has 3 atom stereocenters. The van der Waals surface area contributed by atoms with Crippen LogP contribution in [0.2, 0.25) is 0 Å². The molecule has 0 spiro atoms. The van der Waals surface area contributed by atoms with Crippen molar-refractivity contribution in [2.45, 2.75) is 69.6 Å². The number of nitrogens with one attached hydrogen (secondary N) is 3. The average molecular weight is 441 g/mol. The molecule has 4 saturated carbocycles. The third-order valence-corrected chi connectivity index (χ3v) is 7.61. The van der Waals surface area contributed by atoms with Crippen LogP contribution in [0.5, 0.6) is 5.88 Å². The minimum atomic E-state index is -0.452. The molecule has 0 radical (unpaired) electrons. The van der Waals surface area contributed by atoms with Crippen molar-refractivity contribution in [3.05, 3.63) is 17.8 Å². The Hall–Kier alpha value is -2.39. The Morgan fingerprint density at radius 1 is 1.16 bits per heavy atom. The van der Waals surface area contributed by atoms with Gasteiger partial charge in [0.15, 0.2) is 5.82 Å². The number of aromatic nitrogens is 4. The van der Waals surface area contributed by atoms with E-state index >= 15 is 0 Å². The fraction of sp³-hybridized carbons (Fsp3) is 0.696. The van der Waals surface area contributed by atoms with Gasteiger partial charge >= 0.3 is 0 Å². The highest BCUT2D eigenvalue weighted by Gasteiger charge is 2.54. The minimum absolute atomic E-state index is 0.00222. The molecule has 1 saturated heterocycles. The Bertz CT molecular complexity index is 958. The molecule has 32 heavy (non-hydrogen) atoms. The summed E-state index contributed by atoms with van der Waals surface area (Å²) >= 11 is 0. The number of anilines is 3. The summed E-state index contributed by atoms with van der Waals surface area (Å²) in [4.78, 5) is 9.45. The van der Waals surface area contributed by atoms with E-state index in [-0.39, 0.29) is 6.10 Å². The maximum Gasteiger partial charge on any atom is 0.228 e. The van der Waals surface area contributed by atoms with Gasteiger partial charge in [0.25, 0.3) is 0 Å². The number of hydrogen-bond acceptors (Lipinski definition) is 8. The maximum absolute atomic E-state index is 10.9. The van der Waals surface area contributed by atoms with Crippen molar-refractivity contribution < 1.29 is 14.6 Å². The predicted octanol–water partition coefficient (Wildman–Crippen LogP) is 3.16. The van der Waals surface area contributed by atoms with Crippen LogP contribution in [0.3, 0.4) is 0 Å². The lowest BCUT2D eigenvalue weighted by Crippen LogP contribution is -2.59. The van der Waals surface area contributed by atoms with E-state index in [1.54, 1.807) is 0 Å². The minimum Gasteiger partial charge on any atom is -0.472 e. The summed E-state index contributed by atoms with van der Waals surface area (Å²) in [5.41, 5.74) is 0.522. The van der Waals surface area contributed by atoms with Crippen molar-refractivity contribution in [1.82, 2.24) is 20.2 Å². The van der Waals surface area contributed by atoms with E-state index in [0.717, 1.165) is 44.4 Å². The highest BCUT2D eigenvalue weighted by atomic mass is 16.5. The number of ether oxygens (including phenoxy) is 2. The highest BCUT2D eigenvalue weighted by molar-refractivity contribution is 5.55. The molecule has 7 rings (SSSR count). The van der Waals surface area contributed by atoms with E-state index in [1.807, 2.05) is 19.1 Å². The summed E-state index contributed by atoms with van der Waals surface area (Å²) < 4.78 is 11.7. The van der Waals surface area contributed by atoms with Gasteiger partial charge in [0.2, 0.25) is 11.8 Å². The normalized spacial score (nSPS) is 35.6.